The maximum atomic E-state index is 14.2. The molecule has 1 aliphatic carbocycles. The highest BCUT2D eigenvalue weighted by atomic mass is 19.1. The van der Waals surface area contributed by atoms with Crippen LogP contribution in [0.2, 0.25) is 0 Å². The summed E-state index contributed by atoms with van der Waals surface area (Å²) in [5.41, 5.74) is 3.16. The van der Waals surface area contributed by atoms with Gasteiger partial charge in [0, 0.05) is 17.5 Å². The molecule has 4 aromatic rings. The fraction of sp³-hybridized carbons (Fsp3) is 0.190. The van der Waals surface area contributed by atoms with E-state index in [1.54, 1.807) is 39.7 Å². The quantitative estimate of drug-likeness (QED) is 0.596. The zero-order valence-electron chi connectivity index (χ0n) is 15.0. The van der Waals surface area contributed by atoms with Crippen molar-refractivity contribution in [3.05, 3.63) is 84.0 Å². The SMILES string of the molecule is O=C(N[C@@H]1CCCc2c1cnn2-c1ccccc1F)c1ncc2ccccn12. The van der Waals surface area contributed by atoms with E-state index in [4.69, 9.17) is 0 Å². The van der Waals surface area contributed by atoms with E-state index in [1.807, 2.05) is 24.4 Å². The van der Waals surface area contributed by atoms with E-state index in [9.17, 15) is 9.18 Å². The van der Waals surface area contributed by atoms with Gasteiger partial charge in [0.15, 0.2) is 0 Å². The molecule has 3 aromatic heterocycles. The first-order valence-electron chi connectivity index (χ1n) is 9.27. The van der Waals surface area contributed by atoms with Gasteiger partial charge in [-0.15, -0.1) is 0 Å². The maximum Gasteiger partial charge on any atom is 0.288 e. The molecular weight excluding hydrogens is 357 g/mol. The first-order chi connectivity index (χ1) is 13.7. The van der Waals surface area contributed by atoms with Crippen LogP contribution in [0.25, 0.3) is 11.2 Å². The van der Waals surface area contributed by atoms with E-state index in [0.717, 1.165) is 36.0 Å². The van der Waals surface area contributed by atoms with Gasteiger partial charge in [0.05, 0.1) is 24.0 Å². The molecule has 7 heteroatoms. The summed E-state index contributed by atoms with van der Waals surface area (Å²) in [7, 11) is 0. The summed E-state index contributed by atoms with van der Waals surface area (Å²) in [5.74, 6) is -0.199. The first kappa shape index (κ1) is 16.7. The van der Waals surface area contributed by atoms with E-state index in [1.165, 1.54) is 6.07 Å². The zero-order chi connectivity index (χ0) is 19.1. The summed E-state index contributed by atoms with van der Waals surface area (Å²) < 4.78 is 17.6. The minimum atomic E-state index is -0.316. The summed E-state index contributed by atoms with van der Waals surface area (Å²) in [6.45, 7) is 0. The second-order valence-corrected chi connectivity index (χ2v) is 6.91. The van der Waals surface area contributed by atoms with Crippen molar-refractivity contribution >= 4 is 11.4 Å². The van der Waals surface area contributed by atoms with Crippen LogP contribution in [0.3, 0.4) is 0 Å². The fourth-order valence-electron chi connectivity index (χ4n) is 3.87. The van der Waals surface area contributed by atoms with Gasteiger partial charge in [0.2, 0.25) is 5.82 Å². The summed E-state index contributed by atoms with van der Waals surface area (Å²) >= 11 is 0. The number of nitrogens with zero attached hydrogens (tertiary/aromatic N) is 4. The molecule has 0 unspecified atom stereocenters. The van der Waals surface area contributed by atoms with Crippen LogP contribution in [-0.2, 0) is 6.42 Å². The molecule has 1 atom stereocenters. The highest BCUT2D eigenvalue weighted by molar-refractivity contribution is 5.92. The molecule has 1 aliphatic rings. The first-order valence-corrected chi connectivity index (χ1v) is 9.27. The normalized spacial score (nSPS) is 16.1. The van der Waals surface area contributed by atoms with Gasteiger partial charge in [-0.1, -0.05) is 18.2 Å². The lowest BCUT2D eigenvalue weighted by atomic mass is 9.93. The Kier molecular flexibility index (Phi) is 3.93. The van der Waals surface area contributed by atoms with E-state index in [-0.39, 0.29) is 17.8 Å². The predicted molar refractivity (Wildman–Crippen MR) is 102 cm³/mol. The lowest BCUT2D eigenvalue weighted by Crippen LogP contribution is -2.32. The summed E-state index contributed by atoms with van der Waals surface area (Å²) in [6, 6.07) is 12.1. The third-order valence-corrected chi connectivity index (χ3v) is 5.21. The van der Waals surface area contributed by atoms with Crippen LogP contribution in [0.4, 0.5) is 4.39 Å². The van der Waals surface area contributed by atoms with Crippen LogP contribution >= 0.6 is 0 Å². The molecule has 0 saturated heterocycles. The van der Waals surface area contributed by atoms with Gasteiger partial charge in [0.25, 0.3) is 5.91 Å². The molecule has 1 amide bonds. The van der Waals surface area contributed by atoms with Gasteiger partial charge < -0.3 is 5.32 Å². The van der Waals surface area contributed by atoms with Crippen molar-refractivity contribution in [3.63, 3.8) is 0 Å². The van der Waals surface area contributed by atoms with Crippen LogP contribution in [0.1, 0.15) is 40.8 Å². The molecule has 0 bridgehead atoms. The van der Waals surface area contributed by atoms with Gasteiger partial charge in [0.1, 0.15) is 11.5 Å². The lowest BCUT2D eigenvalue weighted by Gasteiger charge is -2.24. The highest BCUT2D eigenvalue weighted by Crippen LogP contribution is 2.31. The number of para-hydroxylation sites is 1. The van der Waals surface area contributed by atoms with Crippen LogP contribution in [0.5, 0.6) is 0 Å². The molecule has 0 aliphatic heterocycles. The second-order valence-electron chi connectivity index (χ2n) is 6.91. The third-order valence-electron chi connectivity index (χ3n) is 5.21. The summed E-state index contributed by atoms with van der Waals surface area (Å²) in [6.07, 6.45) is 7.72. The molecule has 0 saturated carbocycles. The Morgan fingerprint density at radius 3 is 2.89 bits per heavy atom. The monoisotopic (exact) mass is 375 g/mol. The number of carbonyl (C=O) groups excluding carboxylic acids is 1. The number of fused-ring (bicyclic) bond motifs is 2. The smallest absolute Gasteiger partial charge is 0.288 e. The molecule has 3 heterocycles. The zero-order valence-corrected chi connectivity index (χ0v) is 15.0. The summed E-state index contributed by atoms with van der Waals surface area (Å²) in [4.78, 5) is 17.1. The standard InChI is InChI=1S/C21H18FN5O/c22-16-7-1-2-9-19(16)27-18-10-5-8-17(15(18)13-24-27)25-21(28)20-23-12-14-6-3-4-11-26(14)20/h1-4,6-7,9,11-13,17H,5,8,10H2,(H,25,28)/t17-/m1/s1. The Bertz CT molecular complexity index is 1180. The van der Waals surface area contributed by atoms with Crippen molar-refractivity contribution in [3.8, 4) is 5.69 Å². The topological polar surface area (TPSA) is 64.2 Å². The molecule has 6 nitrogen and oxygen atoms in total. The van der Waals surface area contributed by atoms with Crippen LogP contribution in [0, 0.1) is 5.82 Å². The molecule has 5 rings (SSSR count). The minimum absolute atomic E-state index is 0.173. The number of halogens is 1. The molecule has 0 radical (unpaired) electrons. The average Bonchev–Trinajstić information content (AvgIpc) is 3.33. The number of benzene rings is 1. The molecular formula is C21H18FN5O. The predicted octanol–water partition coefficient (Wildman–Crippen LogP) is 3.47. The average molecular weight is 375 g/mol. The maximum absolute atomic E-state index is 14.2. The number of imidazole rings is 1. The Hall–Kier alpha value is -3.48. The van der Waals surface area contributed by atoms with E-state index in [2.05, 4.69) is 15.4 Å². The van der Waals surface area contributed by atoms with Gasteiger partial charge in [-0.25, -0.2) is 14.1 Å². The Morgan fingerprint density at radius 2 is 2.00 bits per heavy atom. The van der Waals surface area contributed by atoms with E-state index in [0.29, 0.717) is 11.5 Å². The number of nitrogens with one attached hydrogen (secondary N) is 1. The van der Waals surface area contributed by atoms with Gasteiger partial charge in [-0.05, 0) is 43.5 Å². The van der Waals surface area contributed by atoms with Crippen LogP contribution < -0.4 is 5.32 Å². The van der Waals surface area contributed by atoms with Gasteiger partial charge in [-0.3, -0.25) is 9.20 Å². The van der Waals surface area contributed by atoms with E-state index >= 15 is 0 Å². The fourth-order valence-corrected chi connectivity index (χ4v) is 3.87. The highest BCUT2D eigenvalue weighted by Gasteiger charge is 2.28. The molecule has 140 valence electrons. The number of aromatic nitrogens is 4. The van der Waals surface area contributed by atoms with E-state index < -0.39 is 0 Å². The molecule has 28 heavy (non-hydrogen) atoms. The lowest BCUT2D eigenvalue weighted by molar-refractivity contribution is 0.0921. The van der Waals surface area contributed by atoms with Crippen LogP contribution in [0.15, 0.2) is 61.1 Å². The Morgan fingerprint density at radius 1 is 1.14 bits per heavy atom. The Labute approximate surface area is 160 Å². The molecule has 1 aromatic carbocycles. The minimum Gasteiger partial charge on any atom is -0.342 e. The van der Waals surface area contributed by atoms with Gasteiger partial charge >= 0.3 is 0 Å². The van der Waals surface area contributed by atoms with Crippen molar-refractivity contribution < 1.29 is 9.18 Å². The summed E-state index contributed by atoms with van der Waals surface area (Å²) in [5, 5.41) is 7.48. The number of hydrogen-bond donors (Lipinski definition) is 1. The van der Waals surface area contributed by atoms with Crippen LogP contribution in [-0.4, -0.2) is 25.1 Å². The molecule has 1 N–H and O–H groups in total. The van der Waals surface area contributed by atoms with Crippen molar-refractivity contribution in [1.29, 1.82) is 0 Å². The van der Waals surface area contributed by atoms with Gasteiger partial charge in [-0.2, -0.15) is 5.10 Å². The number of hydrogen-bond acceptors (Lipinski definition) is 3. The van der Waals surface area contributed by atoms with Crippen molar-refractivity contribution in [2.75, 3.05) is 0 Å². The Balaban J connectivity index is 1.46. The largest absolute Gasteiger partial charge is 0.342 e. The number of rotatable bonds is 3. The molecule has 0 fully saturated rings. The van der Waals surface area contributed by atoms with Crippen molar-refractivity contribution in [2.24, 2.45) is 0 Å². The second kappa shape index (κ2) is 6.60. The number of carbonyl (C=O) groups is 1. The number of pyridine rings is 1. The third kappa shape index (κ3) is 2.67. The van der Waals surface area contributed by atoms with Crippen molar-refractivity contribution in [1.82, 2.24) is 24.5 Å². The van der Waals surface area contributed by atoms with Crippen molar-refractivity contribution in [2.45, 2.75) is 25.3 Å². The number of amides is 1. The molecule has 0 spiro atoms.